The van der Waals surface area contributed by atoms with Gasteiger partial charge >= 0.3 is 0 Å². The molecule has 1 aromatic carbocycles. The molecular formula is C14H18N4O2S. The van der Waals surface area contributed by atoms with E-state index in [1.165, 1.54) is 25.2 Å². The number of anilines is 2. The van der Waals surface area contributed by atoms with Crippen LogP contribution in [0.15, 0.2) is 35.5 Å². The molecule has 3 rings (SSSR count). The maximum absolute atomic E-state index is 12.2. The molecule has 0 unspecified atom stereocenters. The van der Waals surface area contributed by atoms with Crippen LogP contribution in [0.25, 0.3) is 0 Å². The fourth-order valence-corrected chi connectivity index (χ4v) is 3.56. The number of aromatic nitrogens is 2. The van der Waals surface area contributed by atoms with Crippen LogP contribution in [0, 0.1) is 6.92 Å². The Labute approximate surface area is 124 Å². The van der Waals surface area contributed by atoms with Crippen molar-refractivity contribution in [3.05, 3.63) is 36.2 Å². The van der Waals surface area contributed by atoms with Crippen LogP contribution in [-0.4, -0.2) is 31.7 Å². The Balaban J connectivity index is 1.83. The van der Waals surface area contributed by atoms with Gasteiger partial charge in [-0.2, -0.15) is 5.10 Å². The molecule has 1 aliphatic rings. The first kappa shape index (κ1) is 13.9. The van der Waals surface area contributed by atoms with E-state index in [0.717, 1.165) is 24.3 Å². The lowest BCUT2D eigenvalue weighted by Gasteiger charge is -2.19. The number of hydrogen-bond acceptors (Lipinski definition) is 4. The smallest absolute Gasteiger partial charge is 0.265 e. The van der Waals surface area contributed by atoms with Crippen molar-refractivity contribution in [2.24, 2.45) is 0 Å². The van der Waals surface area contributed by atoms with Crippen LogP contribution < -0.4 is 9.62 Å². The molecule has 0 saturated carbocycles. The number of nitrogens with zero attached hydrogens (tertiary/aromatic N) is 2. The number of sulfonamides is 1. The fraction of sp³-hybridized carbons (Fsp3) is 0.357. The molecule has 2 aromatic rings. The van der Waals surface area contributed by atoms with Crippen LogP contribution in [0.3, 0.4) is 0 Å². The van der Waals surface area contributed by atoms with E-state index in [1.54, 1.807) is 0 Å². The first-order valence-corrected chi connectivity index (χ1v) is 8.42. The van der Waals surface area contributed by atoms with E-state index in [4.69, 9.17) is 0 Å². The molecule has 1 aromatic heterocycles. The minimum atomic E-state index is -3.58. The van der Waals surface area contributed by atoms with Gasteiger partial charge in [-0.25, -0.2) is 8.42 Å². The van der Waals surface area contributed by atoms with Gasteiger partial charge in [-0.1, -0.05) is 0 Å². The summed E-state index contributed by atoms with van der Waals surface area (Å²) in [5.74, 6) is 0. The average molecular weight is 306 g/mol. The predicted molar refractivity (Wildman–Crippen MR) is 82.0 cm³/mol. The zero-order valence-electron chi connectivity index (χ0n) is 11.8. The SMILES string of the molecule is Cc1cc(N2CCCC2)ccc1NS(=O)(=O)c1cn[nH]c1. The standard InChI is InChI=1S/C14H18N4O2S/c1-11-8-12(18-6-2-3-7-18)4-5-14(11)17-21(19,20)13-9-15-16-10-13/h4-5,8-10,17H,2-3,6-7H2,1H3,(H,15,16). The van der Waals surface area contributed by atoms with Gasteiger partial charge in [-0.3, -0.25) is 9.82 Å². The van der Waals surface area contributed by atoms with Crippen molar-refractivity contribution in [2.45, 2.75) is 24.7 Å². The van der Waals surface area contributed by atoms with Crippen molar-refractivity contribution >= 4 is 21.4 Å². The number of aromatic amines is 1. The van der Waals surface area contributed by atoms with E-state index in [2.05, 4.69) is 19.8 Å². The molecule has 0 aliphatic carbocycles. The number of rotatable bonds is 4. The van der Waals surface area contributed by atoms with Gasteiger partial charge in [0.05, 0.1) is 11.9 Å². The van der Waals surface area contributed by atoms with E-state index >= 15 is 0 Å². The second-order valence-electron chi connectivity index (χ2n) is 5.23. The number of benzene rings is 1. The first-order chi connectivity index (χ1) is 10.1. The van der Waals surface area contributed by atoms with Gasteiger partial charge in [0, 0.05) is 25.0 Å². The third kappa shape index (κ3) is 2.87. The molecule has 0 bridgehead atoms. The van der Waals surface area contributed by atoms with Gasteiger partial charge < -0.3 is 4.90 Å². The Kier molecular flexibility index (Phi) is 3.59. The van der Waals surface area contributed by atoms with Gasteiger partial charge in [-0.15, -0.1) is 0 Å². The second kappa shape index (κ2) is 5.40. The molecule has 1 saturated heterocycles. The predicted octanol–water partition coefficient (Wildman–Crippen LogP) is 2.12. The molecular weight excluding hydrogens is 288 g/mol. The summed E-state index contributed by atoms with van der Waals surface area (Å²) in [5, 5.41) is 6.17. The molecule has 2 N–H and O–H groups in total. The highest BCUT2D eigenvalue weighted by molar-refractivity contribution is 7.92. The van der Waals surface area contributed by atoms with Crippen molar-refractivity contribution in [2.75, 3.05) is 22.7 Å². The van der Waals surface area contributed by atoms with Crippen LogP contribution in [0.4, 0.5) is 11.4 Å². The summed E-state index contributed by atoms with van der Waals surface area (Å²) < 4.78 is 26.9. The van der Waals surface area contributed by atoms with Gasteiger partial charge in [0.25, 0.3) is 10.0 Å². The van der Waals surface area contributed by atoms with Crippen molar-refractivity contribution < 1.29 is 8.42 Å². The van der Waals surface area contributed by atoms with E-state index in [9.17, 15) is 8.42 Å². The first-order valence-electron chi connectivity index (χ1n) is 6.93. The highest BCUT2D eigenvalue weighted by Gasteiger charge is 2.17. The summed E-state index contributed by atoms with van der Waals surface area (Å²) in [7, 11) is -3.58. The third-order valence-electron chi connectivity index (χ3n) is 3.71. The molecule has 7 heteroatoms. The highest BCUT2D eigenvalue weighted by Crippen LogP contribution is 2.26. The van der Waals surface area contributed by atoms with Gasteiger partial charge in [0.1, 0.15) is 4.90 Å². The zero-order chi connectivity index (χ0) is 14.9. The van der Waals surface area contributed by atoms with Crippen molar-refractivity contribution in [1.82, 2.24) is 10.2 Å². The van der Waals surface area contributed by atoms with Crippen LogP contribution in [-0.2, 0) is 10.0 Å². The summed E-state index contributed by atoms with van der Waals surface area (Å²) in [5.41, 5.74) is 2.65. The minimum Gasteiger partial charge on any atom is -0.372 e. The quantitative estimate of drug-likeness (QED) is 0.907. The highest BCUT2D eigenvalue weighted by atomic mass is 32.2. The normalized spacial score (nSPS) is 15.4. The van der Waals surface area contributed by atoms with Gasteiger partial charge in [-0.05, 0) is 43.5 Å². The minimum absolute atomic E-state index is 0.130. The average Bonchev–Trinajstić information content (AvgIpc) is 3.14. The van der Waals surface area contributed by atoms with Crippen molar-refractivity contribution in [3.8, 4) is 0 Å². The Hall–Kier alpha value is -2.02. The molecule has 2 heterocycles. The summed E-state index contributed by atoms with van der Waals surface area (Å²) in [6.07, 6.45) is 5.08. The van der Waals surface area contributed by atoms with Crippen LogP contribution in [0.5, 0.6) is 0 Å². The van der Waals surface area contributed by atoms with Crippen molar-refractivity contribution in [1.29, 1.82) is 0 Å². The lowest BCUT2D eigenvalue weighted by Crippen LogP contribution is -2.18. The Bertz CT molecular complexity index is 719. The van der Waals surface area contributed by atoms with E-state index < -0.39 is 10.0 Å². The molecule has 0 amide bonds. The Morgan fingerprint density at radius 3 is 2.67 bits per heavy atom. The molecule has 112 valence electrons. The number of nitrogens with one attached hydrogen (secondary N) is 2. The fourth-order valence-electron chi connectivity index (χ4n) is 2.52. The largest absolute Gasteiger partial charge is 0.372 e. The topological polar surface area (TPSA) is 78.1 Å². The number of hydrogen-bond donors (Lipinski definition) is 2. The Morgan fingerprint density at radius 1 is 1.29 bits per heavy atom. The molecule has 0 radical (unpaired) electrons. The maximum atomic E-state index is 12.2. The van der Waals surface area contributed by atoms with Crippen LogP contribution in [0.1, 0.15) is 18.4 Å². The summed E-state index contributed by atoms with van der Waals surface area (Å²) in [6.45, 7) is 4.05. The zero-order valence-corrected chi connectivity index (χ0v) is 12.7. The Morgan fingerprint density at radius 2 is 2.05 bits per heavy atom. The van der Waals surface area contributed by atoms with Crippen LogP contribution in [0.2, 0.25) is 0 Å². The molecule has 0 atom stereocenters. The van der Waals surface area contributed by atoms with Crippen LogP contribution >= 0.6 is 0 Å². The van der Waals surface area contributed by atoms with E-state index in [0.29, 0.717) is 5.69 Å². The summed E-state index contributed by atoms with van der Waals surface area (Å²) in [4.78, 5) is 2.45. The van der Waals surface area contributed by atoms with E-state index in [1.807, 2.05) is 25.1 Å². The molecule has 0 spiro atoms. The molecule has 21 heavy (non-hydrogen) atoms. The lowest BCUT2D eigenvalue weighted by molar-refractivity contribution is 0.601. The summed E-state index contributed by atoms with van der Waals surface area (Å²) in [6, 6.07) is 5.81. The number of H-pyrrole nitrogens is 1. The van der Waals surface area contributed by atoms with Crippen molar-refractivity contribution in [3.63, 3.8) is 0 Å². The molecule has 1 aliphatic heterocycles. The third-order valence-corrected chi connectivity index (χ3v) is 5.04. The second-order valence-corrected chi connectivity index (χ2v) is 6.92. The summed E-state index contributed by atoms with van der Waals surface area (Å²) >= 11 is 0. The van der Waals surface area contributed by atoms with E-state index in [-0.39, 0.29) is 4.90 Å². The number of aryl methyl sites for hydroxylation is 1. The molecule has 6 nitrogen and oxygen atoms in total. The monoisotopic (exact) mass is 306 g/mol. The molecule has 1 fully saturated rings. The van der Waals surface area contributed by atoms with Gasteiger partial charge in [0.15, 0.2) is 0 Å². The maximum Gasteiger partial charge on any atom is 0.265 e. The lowest BCUT2D eigenvalue weighted by atomic mass is 10.2. The van der Waals surface area contributed by atoms with Gasteiger partial charge in [0.2, 0.25) is 0 Å².